The summed E-state index contributed by atoms with van der Waals surface area (Å²) in [5, 5.41) is 3.15. The van der Waals surface area contributed by atoms with Crippen LogP contribution < -0.4 is 0 Å². The van der Waals surface area contributed by atoms with Crippen LogP contribution in [0.2, 0.25) is 0 Å². The van der Waals surface area contributed by atoms with Crippen molar-refractivity contribution in [3.8, 4) is 55.6 Å². The second-order valence-corrected chi connectivity index (χ2v) is 17.2. The second-order valence-electron chi connectivity index (χ2n) is 14.8. The van der Waals surface area contributed by atoms with Crippen LogP contribution in [0.1, 0.15) is 17.5 Å². The summed E-state index contributed by atoms with van der Waals surface area (Å²) in [7, 11) is 0. The molecule has 0 radical (unpaired) electrons. The lowest BCUT2D eigenvalue weighted by Gasteiger charge is -2.19. The highest BCUT2D eigenvalue weighted by Crippen LogP contribution is 2.50. The van der Waals surface area contributed by atoms with E-state index in [1.54, 1.807) is 0 Å². The van der Waals surface area contributed by atoms with Gasteiger partial charge in [0.2, 0.25) is 0 Å². The van der Waals surface area contributed by atoms with E-state index < -0.39 is 0 Å². The van der Waals surface area contributed by atoms with Gasteiger partial charge in [-0.25, -0.2) is 0 Å². The van der Waals surface area contributed by atoms with E-state index in [1.165, 1.54) is 103 Å². The first-order valence-electron chi connectivity index (χ1n) is 19.3. The molecule has 0 saturated heterocycles. The molecule has 0 saturated carbocycles. The molecule has 9 aromatic rings. The van der Waals surface area contributed by atoms with Gasteiger partial charge in [-0.05, 0) is 127 Å². The summed E-state index contributed by atoms with van der Waals surface area (Å²) in [5.74, 6) is 0. The number of benzene rings is 8. The number of hydrogen-bond donors (Lipinski definition) is 0. The zero-order valence-corrected chi connectivity index (χ0v) is 32.3. The highest BCUT2D eigenvalue weighted by Gasteiger charge is 2.30. The van der Waals surface area contributed by atoms with E-state index in [2.05, 4.69) is 200 Å². The van der Waals surface area contributed by atoms with E-state index in [0.29, 0.717) is 5.25 Å². The Labute approximate surface area is 336 Å². The predicted molar refractivity (Wildman–Crippen MR) is 243 cm³/mol. The van der Waals surface area contributed by atoms with E-state index in [-0.39, 0.29) is 0 Å². The molecule has 1 aliphatic carbocycles. The fourth-order valence-electron chi connectivity index (χ4n) is 8.49. The van der Waals surface area contributed by atoms with Crippen molar-refractivity contribution >= 4 is 54.4 Å². The minimum atomic E-state index is 0.490. The fraction of sp³-hybridized carbons (Fsp3) is 0.0370. The summed E-state index contributed by atoms with van der Waals surface area (Å²) < 4.78 is 2.65. The minimum absolute atomic E-state index is 0.490. The molecule has 0 fully saturated rings. The van der Waals surface area contributed by atoms with Crippen molar-refractivity contribution in [1.29, 1.82) is 0 Å². The van der Waals surface area contributed by atoms with Crippen LogP contribution in [0.3, 0.4) is 0 Å². The number of thiophene rings is 1. The smallest absolute Gasteiger partial charge is 0.0391 e. The van der Waals surface area contributed by atoms with Crippen molar-refractivity contribution in [1.82, 2.24) is 0 Å². The van der Waals surface area contributed by atoms with Crippen LogP contribution in [-0.4, -0.2) is 5.25 Å². The Hall–Kier alpha value is -6.19. The maximum atomic E-state index is 2.38. The molecule has 2 heteroatoms. The fourth-order valence-corrected chi connectivity index (χ4v) is 11.0. The first-order valence-corrected chi connectivity index (χ1v) is 21.0. The zero-order valence-electron chi connectivity index (χ0n) is 30.7. The van der Waals surface area contributed by atoms with Crippen LogP contribution in [0.4, 0.5) is 0 Å². The van der Waals surface area contributed by atoms with Gasteiger partial charge in [-0.1, -0.05) is 158 Å². The predicted octanol–water partition coefficient (Wildman–Crippen LogP) is 15.7. The third-order valence-corrected chi connectivity index (χ3v) is 13.9. The minimum Gasteiger partial charge on any atom is -0.135 e. The van der Waals surface area contributed by atoms with Crippen molar-refractivity contribution in [2.45, 2.75) is 16.6 Å². The summed E-state index contributed by atoms with van der Waals surface area (Å²) in [4.78, 5) is 1.41. The lowest BCUT2D eigenvalue weighted by atomic mass is 9.88. The third-order valence-electron chi connectivity index (χ3n) is 11.4. The molecular formula is C54H36S2. The lowest BCUT2D eigenvalue weighted by Crippen LogP contribution is -2.05. The van der Waals surface area contributed by atoms with Gasteiger partial charge < -0.3 is 0 Å². The van der Waals surface area contributed by atoms with Gasteiger partial charge in [0, 0.05) is 30.3 Å². The molecular weight excluding hydrogens is 713 g/mol. The monoisotopic (exact) mass is 748 g/mol. The summed E-state index contributed by atoms with van der Waals surface area (Å²) in [6.07, 6.45) is 5.75. The largest absolute Gasteiger partial charge is 0.135 e. The Morgan fingerprint density at radius 1 is 0.357 bits per heavy atom. The average Bonchev–Trinajstić information content (AvgIpc) is 3.84. The number of hydrogen-bond acceptors (Lipinski definition) is 2. The van der Waals surface area contributed by atoms with Gasteiger partial charge in [-0.2, -0.15) is 0 Å². The Bertz CT molecular complexity index is 3000. The highest BCUT2D eigenvalue weighted by atomic mass is 32.2. The number of rotatable bonds is 6. The van der Waals surface area contributed by atoms with Crippen molar-refractivity contribution < 1.29 is 0 Å². The van der Waals surface area contributed by atoms with E-state index in [4.69, 9.17) is 0 Å². The maximum absolute atomic E-state index is 2.38. The van der Waals surface area contributed by atoms with E-state index in [0.717, 1.165) is 6.42 Å². The summed E-state index contributed by atoms with van der Waals surface area (Å²) >= 11 is 3.88. The third kappa shape index (κ3) is 6.03. The summed E-state index contributed by atoms with van der Waals surface area (Å²) in [6.45, 7) is 0. The SMILES string of the molecule is C1=C(c2cccc(-c3ccc(-c4cc(-c5ccc(-c6ccccc6)cc5)cc(-c5ccc6c(c5)sc5ccccc56)c4)cc3)c2)CC2Sc3ccccc3C2=C1. The van der Waals surface area contributed by atoms with Crippen LogP contribution in [0, 0.1) is 0 Å². The molecule has 2 aliphatic rings. The molecule has 8 aromatic carbocycles. The number of thioether (sulfide) groups is 1. The molecule has 1 unspecified atom stereocenters. The Morgan fingerprint density at radius 2 is 0.875 bits per heavy atom. The van der Waals surface area contributed by atoms with E-state index in [1.807, 2.05) is 23.1 Å². The van der Waals surface area contributed by atoms with Crippen LogP contribution in [0.25, 0.3) is 87.0 Å². The molecule has 264 valence electrons. The zero-order chi connectivity index (χ0) is 37.0. The van der Waals surface area contributed by atoms with Gasteiger partial charge in [-0.15, -0.1) is 23.1 Å². The van der Waals surface area contributed by atoms with Gasteiger partial charge in [-0.3, -0.25) is 0 Å². The van der Waals surface area contributed by atoms with Crippen LogP contribution >= 0.6 is 23.1 Å². The standard InChI is InChI=1S/C54H36S2/c1-2-9-35(10-3-1)36-17-21-38(22-18-36)44-30-45(32-46(31-44)43-26-28-50-48-14-5-7-16-52(48)56-54(50)34-43)39-23-19-37(20-24-39)40-11-8-12-41(29-40)42-25-27-49-47-13-4-6-15-51(47)55-53(49)33-42/h1-32,34,53H,33H2. The Kier molecular flexibility index (Phi) is 8.19. The molecule has 0 amide bonds. The van der Waals surface area contributed by atoms with Crippen molar-refractivity contribution in [3.05, 3.63) is 211 Å². The van der Waals surface area contributed by atoms with Gasteiger partial charge in [0.15, 0.2) is 0 Å². The van der Waals surface area contributed by atoms with Crippen molar-refractivity contribution in [2.75, 3.05) is 0 Å². The topological polar surface area (TPSA) is 0 Å². The van der Waals surface area contributed by atoms with Gasteiger partial charge in [0.1, 0.15) is 0 Å². The molecule has 1 aromatic heterocycles. The molecule has 0 spiro atoms. The van der Waals surface area contributed by atoms with Gasteiger partial charge >= 0.3 is 0 Å². The van der Waals surface area contributed by atoms with E-state index >= 15 is 0 Å². The number of fused-ring (bicyclic) bond motifs is 6. The average molecular weight is 749 g/mol. The molecule has 2 heterocycles. The molecule has 56 heavy (non-hydrogen) atoms. The quantitative estimate of drug-likeness (QED) is 0.163. The van der Waals surface area contributed by atoms with Crippen LogP contribution in [0.15, 0.2) is 205 Å². The molecule has 0 bridgehead atoms. The molecule has 1 atom stereocenters. The maximum Gasteiger partial charge on any atom is 0.0391 e. The van der Waals surface area contributed by atoms with Crippen molar-refractivity contribution in [3.63, 3.8) is 0 Å². The second kappa shape index (κ2) is 13.8. The summed E-state index contributed by atoms with van der Waals surface area (Å²) in [5.41, 5.74) is 17.8. The molecule has 0 N–H and O–H groups in total. The first-order chi connectivity index (χ1) is 27.7. The van der Waals surface area contributed by atoms with Crippen LogP contribution in [-0.2, 0) is 0 Å². The van der Waals surface area contributed by atoms with Crippen LogP contribution in [0.5, 0.6) is 0 Å². The highest BCUT2D eigenvalue weighted by molar-refractivity contribution is 8.00. The normalized spacial score (nSPS) is 14.7. The first kappa shape index (κ1) is 33.2. The Balaban J connectivity index is 0.940. The lowest BCUT2D eigenvalue weighted by molar-refractivity contribution is 1.11. The van der Waals surface area contributed by atoms with Gasteiger partial charge in [0.25, 0.3) is 0 Å². The molecule has 0 nitrogen and oxygen atoms in total. The van der Waals surface area contributed by atoms with Gasteiger partial charge in [0.05, 0.1) is 0 Å². The molecule has 11 rings (SSSR count). The Morgan fingerprint density at radius 3 is 1.64 bits per heavy atom. The van der Waals surface area contributed by atoms with E-state index in [9.17, 15) is 0 Å². The number of allylic oxidation sites excluding steroid dienone is 3. The summed E-state index contributed by atoms with van der Waals surface area (Å²) in [6, 6.07) is 69.5. The van der Waals surface area contributed by atoms with Crippen molar-refractivity contribution in [2.24, 2.45) is 0 Å². The molecule has 1 aliphatic heterocycles.